The topological polar surface area (TPSA) is 89.3 Å². The van der Waals surface area contributed by atoms with Gasteiger partial charge in [0.25, 0.3) is 0 Å². The quantitative estimate of drug-likeness (QED) is 0.859. The lowest BCUT2D eigenvalue weighted by atomic mass is 10.1. The molecule has 0 unspecified atom stereocenters. The fourth-order valence-electron chi connectivity index (χ4n) is 1.72. The zero-order valence-corrected chi connectivity index (χ0v) is 12.2. The summed E-state index contributed by atoms with van der Waals surface area (Å²) in [5.74, 6) is 0.228. The SMILES string of the molecule is CC(C)CC(=O)N[C@H](C)c1cccc(S(N)(=O)=O)c1. The van der Waals surface area contributed by atoms with Gasteiger partial charge >= 0.3 is 0 Å². The van der Waals surface area contributed by atoms with Crippen LogP contribution in [0.3, 0.4) is 0 Å². The number of amides is 1. The van der Waals surface area contributed by atoms with E-state index in [1.54, 1.807) is 19.1 Å². The van der Waals surface area contributed by atoms with Gasteiger partial charge < -0.3 is 5.32 Å². The van der Waals surface area contributed by atoms with Crippen molar-refractivity contribution in [3.63, 3.8) is 0 Å². The van der Waals surface area contributed by atoms with Gasteiger partial charge in [-0.05, 0) is 30.5 Å². The van der Waals surface area contributed by atoms with Crippen LogP contribution in [0, 0.1) is 5.92 Å². The van der Waals surface area contributed by atoms with Gasteiger partial charge in [-0.2, -0.15) is 0 Å². The highest BCUT2D eigenvalue weighted by atomic mass is 32.2. The van der Waals surface area contributed by atoms with Crippen LogP contribution < -0.4 is 10.5 Å². The first-order valence-corrected chi connectivity index (χ1v) is 7.67. The molecule has 0 aliphatic heterocycles. The van der Waals surface area contributed by atoms with Crippen LogP contribution in [-0.4, -0.2) is 14.3 Å². The van der Waals surface area contributed by atoms with E-state index in [1.165, 1.54) is 12.1 Å². The van der Waals surface area contributed by atoms with Gasteiger partial charge in [0.15, 0.2) is 0 Å². The standard InChI is InChI=1S/C13H20N2O3S/c1-9(2)7-13(16)15-10(3)11-5-4-6-12(8-11)19(14,17)18/h4-6,8-10H,7H2,1-3H3,(H,15,16)(H2,14,17,18)/t10-/m1/s1. The molecule has 0 fully saturated rings. The van der Waals surface area contributed by atoms with Crippen molar-refractivity contribution in [3.05, 3.63) is 29.8 Å². The van der Waals surface area contributed by atoms with E-state index < -0.39 is 10.0 Å². The van der Waals surface area contributed by atoms with E-state index in [0.29, 0.717) is 12.0 Å². The summed E-state index contributed by atoms with van der Waals surface area (Å²) in [5, 5.41) is 7.91. The van der Waals surface area contributed by atoms with Crippen LogP contribution in [0.5, 0.6) is 0 Å². The minimum atomic E-state index is -3.72. The molecule has 0 aliphatic rings. The Hall–Kier alpha value is -1.40. The number of benzene rings is 1. The lowest BCUT2D eigenvalue weighted by molar-refractivity contribution is -0.122. The third-order valence-electron chi connectivity index (χ3n) is 2.66. The molecule has 1 aromatic rings. The Morgan fingerprint density at radius 2 is 1.95 bits per heavy atom. The number of nitrogens with one attached hydrogen (secondary N) is 1. The summed E-state index contributed by atoms with van der Waals surface area (Å²) in [4.78, 5) is 11.7. The number of hydrogen-bond donors (Lipinski definition) is 2. The summed E-state index contributed by atoms with van der Waals surface area (Å²) in [5.41, 5.74) is 0.712. The predicted octanol–water partition coefficient (Wildman–Crippen LogP) is 1.56. The third-order valence-corrected chi connectivity index (χ3v) is 3.57. The molecule has 0 heterocycles. The average molecular weight is 284 g/mol. The molecule has 0 saturated carbocycles. The third kappa shape index (κ3) is 5.00. The number of nitrogens with two attached hydrogens (primary N) is 1. The monoisotopic (exact) mass is 284 g/mol. The first kappa shape index (κ1) is 15.7. The summed E-state index contributed by atoms with van der Waals surface area (Å²) in [7, 11) is -3.72. The van der Waals surface area contributed by atoms with E-state index >= 15 is 0 Å². The largest absolute Gasteiger partial charge is 0.350 e. The van der Waals surface area contributed by atoms with Gasteiger partial charge in [0.1, 0.15) is 0 Å². The molecule has 0 aliphatic carbocycles. The maximum atomic E-state index is 11.7. The van der Waals surface area contributed by atoms with E-state index in [0.717, 1.165) is 0 Å². The van der Waals surface area contributed by atoms with Gasteiger partial charge in [-0.3, -0.25) is 4.79 Å². The van der Waals surface area contributed by atoms with Gasteiger partial charge in [0.2, 0.25) is 15.9 Å². The van der Waals surface area contributed by atoms with Gasteiger partial charge in [-0.1, -0.05) is 26.0 Å². The molecule has 0 saturated heterocycles. The molecule has 5 nitrogen and oxygen atoms in total. The van der Waals surface area contributed by atoms with Crippen molar-refractivity contribution in [1.29, 1.82) is 0 Å². The molecule has 19 heavy (non-hydrogen) atoms. The van der Waals surface area contributed by atoms with Crippen LogP contribution in [0.25, 0.3) is 0 Å². The zero-order valence-electron chi connectivity index (χ0n) is 11.4. The smallest absolute Gasteiger partial charge is 0.238 e. The summed E-state index contributed by atoms with van der Waals surface area (Å²) in [6.45, 7) is 5.73. The molecular formula is C13H20N2O3S. The molecule has 0 radical (unpaired) electrons. The van der Waals surface area contributed by atoms with Crippen molar-refractivity contribution in [2.24, 2.45) is 11.1 Å². The highest BCUT2D eigenvalue weighted by Gasteiger charge is 2.14. The predicted molar refractivity (Wildman–Crippen MR) is 73.8 cm³/mol. The average Bonchev–Trinajstić information content (AvgIpc) is 2.26. The van der Waals surface area contributed by atoms with Crippen LogP contribution >= 0.6 is 0 Å². The molecule has 3 N–H and O–H groups in total. The van der Waals surface area contributed by atoms with Crippen molar-refractivity contribution in [1.82, 2.24) is 5.32 Å². The maximum absolute atomic E-state index is 11.7. The van der Waals surface area contributed by atoms with E-state index in [1.807, 2.05) is 13.8 Å². The summed E-state index contributed by atoms with van der Waals surface area (Å²) >= 11 is 0. The van der Waals surface area contributed by atoms with Gasteiger partial charge in [0, 0.05) is 6.42 Å². The van der Waals surface area contributed by atoms with Crippen molar-refractivity contribution < 1.29 is 13.2 Å². The van der Waals surface area contributed by atoms with Crippen molar-refractivity contribution in [2.45, 2.75) is 38.1 Å². The van der Waals surface area contributed by atoms with Crippen LogP contribution in [0.4, 0.5) is 0 Å². The Bertz CT molecular complexity index is 553. The van der Waals surface area contributed by atoms with Crippen molar-refractivity contribution in [3.8, 4) is 0 Å². The van der Waals surface area contributed by atoms with Crippen LogP contribution in [-0.2, 0) is 14.8 Å². The van der Waals surface area contributed by atoms with Crippen LogP contribution in [0.2, 0.25) is 0 Å². The second-order valence-corrected chi connectivity index (χ2v) is 6.57. The van der Waals surface area contributed by atoms with Crippen LogP contribution in [0.1, 0.15) is 38.8 Å². The second-order valence-electron chi connectivity index (χ2n) is 5.00. The fraction of sp³-hybridized carbons (Fsp3) is 0.462. The number of sulfonamides is 1. The Balaban J connectivity index is 2.83. The summed E-state index contributed by atoms with van der Waals surface area (Å²) in [6, 6.07) is 6.03. The summed E-state index contributed by atoms with van der Waals surface area (Å²) < 4.78 is 22.5. The first-order chi connectivity index (χ1) is 8.70. The normalized spacial score (nSPS) is 13.3. The fourth-order valence-corrected chi connectivity index (χ4v) is 2.28. The number of carbonyl (C=O) groups excluding carboxylic acids is 1. The lowest BCUT2D eigenvalue weighted by Gasteiger charge is -2.16. The second kappa shape index (κ2) is 6.16. The molecule has 1 aromatic carbocycles. The minimum absolute atomic E-state index is 0.0509. The van der Waals surface area contributed by atoms with E-state index in [2.05, 4.69) is 5.32 Å². The Morgan fingerprint density at radius 3 is 2.47 bits per heavy atom. The number of carbonyl (C=O) groups is 1. The lowest BCUT2D eigenvalue weighted by Crippen LogP contribution is -2.27. The maximum Gasteiger partial charge on any atom is 0.238 e. The van der Waals surface area contributed by atoms with Gasteiger partial charge in [0.05, 0.1) is 10.9 Å². The minimum Gasteiger partial charge on any atom is -0.350 e. The number of hydrogen-bond acceptors (Lipinski definition) is 3. The Morgan fingerprint density at radius 1 is 1.32 bits per heavy atom. The molecule has 1 atom stereocenters. The Labute approximate surface area is 114 Å². The van der Waals surface area contributed by atoms with Crippen molar-refractivity contribution >= 4 is 15.9 Å². The zero-order chi connectivity index (χ0) is 14.6. The highest BCUT2D eigenvalue weighted by Crippen LogP contribution is 2.17. The van der Waals surface area contributed by atoms with E-state index in [9.17, 15) is 13.2 Å². The molecule has 0 spiro atoms. The molecule has 106 valence electrons. The molecule has 1 rings (SSSR count). The van der Waals surface area contributed by atoms with Crippen LogP contribution in [0.15, 0.2) is 29.2 Å². The molecular weight excluding hydrogens is 264 g/mol. The summed E-state index contributed by atoms with van der Waals surface area (Å²) in [6.07, 6.45) is 0.444. The molecule has 6 heteroatoms. The number of primary sulfonamides is 1. The molecule has 0 aromatic heterocycles. The highest BCUT2D eigenvalue weighted by molar-refractivity contribution is 7.89. The van der Waals surface area contributed by atoms with Crippen molar-refractivity contribution in [2.75, 3.05) is 0 Å². The molecule has 1 amide bonds. The van der Waals surface area contributed by atoms with E-state index in [4.69, 9.17) is 5.14 Å². The van der Waals surface area contributed by atoms with Gasteiger partial charge in [-0.15, -0.1) is 0 Å². The van der Waals surface area contributed by atoms with E-state index in [-0.39, 0.29) is 22.8 Å². The molecule has 0 bridgehead atoms. The number of rotatable bonds is 5. The van der Waals surface area contributed by atoms with Gasteiger partial charge in [-0.25, -0.2) is 13.6 Å². The first-order valence-electron chi connectivity index (χ1n) is 6.12. The Kier molecular flexibility index (Phi) is 5.08.